The second-order valence-corrected chi connectivity index (χ2v) is 7.32. The van der Waals surface area contributed by atoms with E-state index >= 15 is 0 Å². The van der Waals surface area contributed by atoms with E-state index in [0.717, 1.165) is 19.3 Å². The van der Waals surface area contributed by atoms with E-state index in [1.165, 1.54) is 11.1 Å². The molecule has 27 heavy (non-hydrogen) atoms. The number of hydrogen-bond donors (Lipinski definition) is 0. The molecule has 0 aliphatic heterocycles. The fourth-order valence-electron chi connectivity index (χ4n) is 3.22. The van der Waals surface area contributed by atoms with Crippen molar-refractivity contribution in [2.75, 3.05) is 0 Å². The Labute approximate surface area is 155 Å². The summed E-state index contributed by atoms with van der Waals surface area (Å²) in [6.45, 7) is 7.13. The molecule has 148 valence electrons. The largest absolute Gasteiger partial charge is 0.390 e. The maximum atomic E-state index is 13.6. The molecule has 1 aliphatic carbocycles. The van der Waals surface area contributed by atoms with E-state index in [4.69, 9.17) is 4.84 Å². The number of benzene rings is 1. The molecule has 0 aromatic heterocycles. The van der Waals surface area contributed by atoms with Gasteiger partial charge in [-0.25, -0.2) is 22.0 Å². The third-order valence-electron chi connectivity index (χ3n) is 4.75. The summed E-state index contributed by atoms with van der Waals surface area (Å²) in [5.74, 6) is -10.0. The second kappa shape index (κ2) is 8.23. The maximum Gasteiger partial charge on any atom is 0.200 e. The van der Waals surface area contributed by atoms with Crippen LogP contribution in [0, 0.1) is 34.5 Å². The van der Waals surface area contributed by atoms with Gasteiger partial charge in [0.1, 0.15) is 6.61 Å². The Morgan fingerprint density at radius 2 is 1.59 bits per heavy atom. The number of halogens is 5. The van der Waals surface area contributed by atoms with E-state index in [9.17, 15) is 22.0 Å². The number of allylic oxidation sites excluding steroid dienone is 4. The SMILES string of the molecule is CC1=C(/C=C/C(C)=N\OCc2c(F)c(F)c(F)c(F)c2F)C(C)(C)CCC1. The molecule has 0 saturated carbocycles. The minimum atomic E-state index is -2.20. The molecule has 7 heteroatoms. The van der Waals surface area contributed by atoms with Gasteiger partial charge in [-0.05, 0) is 50.2 Å². The van der Waals surface area contributed by atoms with E-state index in [2.05, 4.69) is 25.9 Å². The summed E-state index contributed by atoms with van der Waals surface area (Å²) in [7, 11) is 0. The van der Waals surface area contributed by atoms with Gasteiger partial charge in [-0.15, -0.1) is 0 Å². The quantitative estimate of drug-likeness (QED) is 0.189. The molecule has 0 heterocycles. The molecule has 1 aromatic carbocycles. The Hall–Kier alpha value is -2.18. The highest BCUT2D eigenvalue weighted by molar-refractivity contribution is 5.92. The van der Waals surface area contributed by atoms with Gasteiger partial charge in [0.2, 0.25) is 5.82 Å². The topological polar surface area (TPSA) is 21.6 Å². The van der Waals surface area contributed by atoms with Gasteiger partial charge >= 0.3 is 0 Å². The van der Waals surface area contributed by atoms with Gasteiger partial charge in [-0.3, -0.25) is 0 Å². The van der Waals surface area contributed by atoms with Crippen molar-refractivity contribution in [1.82, 2.24) is 0 Å². The zero-order chi connectivity index (χ0) is 20.4. The van der Waals surface area contributed by atoms with Crippen LogP contribution in [0.25, 0.3) is 0 Å². The molecule has 2 nitrogen and oxygen atoms in total. The molecule has 0 spiro atoms. The fraction of sp³-hybridized carbons (Fsp3) is 0.450. The minimum absolute atomic E-state index is 0.0371. The first kappa shape index (κ1) is 21.1. The van der Waals surface area contributed by atoms with Crippen LogP contribution >= 0.6 is 0 Å². The van der Waals surface area contributed by atoms with E-state index in [1.54, 1.807) is 13.0 Å². The van der Waals surface area contributed by atoms with Gasteiger partial charge in [0.25, 0.3) is 0 Å². The lowest BCUT2D eigenvalue weighted by Gasteiger charge is -2.32. The van der Waals surface area contributed by atoms with Crippen LogP contribution in [0.15, 0.2) is 28.5 Å². The van der Waals surface area contributed by atoms with E-state index in [-0.39, 0.29) is 5.41 Å². The van der Waals surface area contributed by atoms with Gasteiger partial charge in [0.05, 0.1) is 11.3 Å². The highest BCUT2D eigenvalue weighted by Gasteiger charge is 2.27. The van der Waals surface area contributed by atoms with E-state index < -0.39 is 41.3 Å². The number of oxime groups is 1. The Balaban J connectivity index is 2.12. The van der Waals surface area contributed by atoms with Crippen LogP contribution in [0.3, 0.4) is 0 Å². The summed E-state index contributed by atoms with van der Waals surface area (Å²) in [4.78, 5) is 4.80. The number of rotatable bonds is 5. The minimum Gasteiger partial charge on any atom is -0.390 e. The molecule has 0 radical (unpaired) electrons. The maximum absolute atomic E-state index is 13.6. The summed E-state index contributed by atoms with van der Waals surface area (Å²) in [6, 6.07) is 0. The molecular weight excluding hydrogens is 365 g/mol. The first-order valence-electron chi connectivity index (χ1n) is 8.61. The van der Waals surface area contributed by atoms with Crippen molar-refractivity contribution in [3.8, 4) is 0 Å². The summed E-state index contributed by atoms with van der Waals surface area (Å²) >= 11 is 0. The zero-order valence-corrected chi connectivity index (χ0v) is 15.7. The predicted molar refractivity (Wildman–Crippen MR) is 93.6 cm³/mol. The molecule has 0 N–H and O–H groups in total. The average molecular weight is 387 g/mol. The van der Waals surface area contributed by atoms with Crippen molar-refractivity contribution in [3.63, 3.8) is 0 Å². The van der Waals surface area contributed by atoms with Crippen LogP contribution in [0.1, 0.15) is 52.5 Å². The molecule has 0 atom stereocenters. The van der Waals surface area contributed by atoms with Crippen molar-refractivity contribution in [1.29, 1.82) is 0 Å². The van der Waals surface area contributed by atoms with Gasteiger partial charge in [0.15, 0.2) is 23.3 Å². The lowest BCUT2D eigenvalue weighted by Crippen LogP contribution is -2.19. The number of hydrogen-bond acceptors (Lipinski definition) is 2. The second-order valence-electron chi connectivity index (χ2n) is 7.32. The predicted octanol–water partition coefficient (Wildman–Crippen LogP) is 6.36. The van der Waals surface area contributed by atoms with Crippen molar-refractivity contribution in [3.05, 3.63) is 57.9 Å². The monoisotopic (exact) mass is 387 g/mol. The van der Waals surface area contributed by atoms with Gasteiger partial charge in [0, 0.05) is 0 Å². The summed E-state index contributed by atoms with van der Waals surface area (Å²) in [5, 5.41) is 3.68. The molecule has 0 bridgehead atoms. The van der Waals surface area contributed by atoms with Gasteiger partial charge < -0.3 is 4.84 Å². The van der Waals surface area contributed by atoms with Gasteiger partial charge in [-0.2, -0.15) is 0 Å². The van der Waals surface area contributed by atoms with Crippen molar-refractivity contribution in [2.24, 2.45) is 10.6 Å². The standard InChI is InChI=1S/C20H22F5NO/c1-11-6-5-9-20(3,4)14(11)8-7-12(2)26-27-10-13-15(21)17(23)19(25)18(24)16(13)22/h7-8H,5-6,9-10H2,1-4H3/b8-7+,26-12-. The summed E-state index contributed by atoms with van der Waals surface area (Å²) < 4.78 is 66.5. The van der Waals surface area contributed by atoms with Crippen LogP contribution in [-0.2, 0) is 11.4 Å². The average Bonchev–Trinajstić information content (AvgIpc) is 2.60. The van der Waals surface area contributed by atoms with Crippen molar-refractivity contribution in [2.45, 2.75) is 53.6 Å². The molecule has 0 unspecified atom stereocenters. The van der Waals surface area contributed by atoms with Crippen LogP contribution in [0.5, 0.6) is 0 Å². The van der Waals surface area contributed by atoms with Crippen LogP contribution in [-0.4, -0.2) is 5.71 Å². The Morgan fingerprint density at radius 1 is 1.04 bits per heavy atom. The Bertz CT molecular complexity index is 795. The molecule has 0 fully saturated rings. The first-order valence-corrected chi connectivity index (χ1v) is 8.61. The van der Waals surface area contributed by atoms with Crippen LogP contribution < -0.4 is 0 Å². The Kier molecular flexibility index (Phi) is 6.44. The van der Waals surface area contributed by atoms with Crippen molar-refractivity contribution >= 4 is 5.71 Å². The summed E-state index contributed by atoms with van der Waals surface area (Å²) in [5.41, 5.74) is 1.87. The molecule has 1 aliphatic rings. The molecule has 0 saturated heterocycles. The van der Waals surface area contributed by atoms with Crippen molar-refractivity contribution < 1.29 is 26.8 Å². The van der Waals surface area contributed by atoms with E-state index in [0.29, 0.717) is 5.71 Å². The zero-order valence-electron chi connectivity index (χ0n) is 15.7. The highest BCUT2D eigenvalue weighted by Crippen LogP contribution is 2.40. The fourth-order valence-corrected chi connectivity index (χ4v) is 3.22. The Morgan fingerprint density at radius 3 is 2.15 bits per heavy atom. The summed E-state index contributed by atoms with van der Waals surface area (Å²) in [6.07, 6.45) is 6.85. The molecule has 0 amide bonds. The first-order chi connectivity index (χ1) is 12.6. The smallest absolute Gasteiger partial charge is 0.200 e. The normalized spacial score (nSPS) is 17.7. The lowest BCUT2D eigenvalue weighted by atomic mass is 9.72. The number of nitrogens with zero attached hydrogens (tertiary/aromatic N) is 1. The molecule has 2 rings (SSSR count). The lowest BCUT2D eigenvalue weighted by molar-refractivity contribution is 0.123. The third kappa shape index (κ3) is 4.57. The highest BCUT2D eigenvalue weighted by atomic mass is 19.2. The van der Waals surface area contributed by atoms with Crippen LogP contribution in [0.4, 0.5) is 22.0 Å². The van der Waals surface area contributed by atoms with E-state index in [1.807, 2.05) is 6.08 Å². The molecule has 1 aromatic rings. The van der Waals surface area contributed by atoms with Gasteiger partial charge in [-0.1, -0.05) is 30.7 Å². The van der Waals surface area contributed by atoms with Crippen LogP contribution in [0.2, 0.25) is 0 Å². The third-order valence-corrected chi connectivity index (χ3v) is 4.75. The molecular formula is C20H22F5NO.